The minimum Gasteiger partial charge on any atom is -0.368 e. The van der Waals surface area contributed by atoms with Crippen LogP contribution in [0.25, 0.3) is 33.3 Å². The Balaban J connectivity index is 1.48. The predicted molar refractivity (Wildman–Crippen MR) is 177 cm³/mol. The lowest BCUT2D eigenvalue weighted by Gasteiger charge is -2.23. The van der Waals surface area contributed by atoms with Gasteiger partial charge in [0.1, 0.15) is 18.2 Å². The van der Waals surface area contributed by atoms with E-state index >= 15 is 4.39 Å². The van der Waals surface area contributed by atoms with Gasteiger partial charge in [0.25, 0.3) is 5.91 Å². The molecule has 1 aliphatic rings. The molecule has 1 saturated heterocycles. The Labute approximate surface area is 255 Å². The fraction of sp³-hybridized carbons (Fsp3) is 0.412. The van der Waals surface area contributed by atoms with E-state index in [0.717, 1.165) is 71.9 Å². The molecule has 228 valence electrons. The predicted octanol–water partition coefficient (Wildman–Crippen LogP) is 6.67. The first-order valence-electron chi connectivity index (χ1n) is 15.1. The van der Waals surface area contributed by atoms with Crippen molar-refractivity contribution in [2.24, 2.45) is 0 Å². The Hall–Kier alpha value is -3.53. The molecular formula is C34H44FN5O2Si. The van der Waals surface area contributed by atoms with E-state index in [9.17, 15) is 4.79 Å². The van der Waals surface area contributed by atoms with Crippen LogP contribution in [0, 0.1) is 5.82 Å². The van der Waals surface area contributed by atoms with Gasteiger partial charge in [0.2, 0.25) is 0 Å². The molecule has 0 spiro atoms. The maximum atomic E-state index is 15.5. The van der Waals surface area contributed by atoms with Crippen molar-refractivity contribution in [1.29, 1.82) is 0 Å². The average Bonchev–Trinajstić information content (AvgIpc) is 3.19. The van der Waals surface area contributed by atoms with Crippen LogP contribution in [0.4, 0.5) is 10.1 Å². The molecule has 1 aliphatic heterocycles. The number of pyridine rings is 1. The van der Waals surface area contributed by atoms with Crippen molar-refractivity contribution in [2.45, 2.75) is 38.8 Å². The number of anilines is 1. The summed E-state index contributed by atoms with van der Waals surface area (Å²) in [7, 11) is 4.41. The monoisotopic (exact) mass is 601 g/mol. The van der Waals surface area contributed by atoms with Gasteiger partial charge in [-0.1, -0.05) is 37.8 Å². The maximum absolute atomic E-state index is 15.5. The first kappa shape index (κ1) is 30.9. The molecule has 0 unspecified atom stereocenters. The van der Waals surface area contributed by atoms with Gasteiger partial charge in [-0.25, -0.2) is 9.37 Å². The van der Waals surface area contributed by atoms with Crippen LogP contribution in [0.3, 0.4) is 0 Å². The topological polar surface area (TPSA) is 53.8 Å². The van der Waals surface area contributed by atoms with E-state index in [0.29, 0.717) is 24.6 Å². The van der Waals surface area contributed by atoms with Crippen LogP contribution in [-0.2, 0) is 11.5 Å². The number of ether oxygens (including phenoxy) is 1. The van der Waals surface area contributed by atoms with Crippen LogP contribution in [0.1, 0.15) is 16.8 Å². The summed E-state index contributed by atoms with van der Waals surface area (Å²) in [5.41, 5.74) is 5.72. The van der Waals surface area contributed by atoms with Crippen molar-refractivity contribution < 1.29 is 13.9 Å². The Bertz CT molecular complexity index is 1580. The van der Waals surface area contributed by atoms with Gasteiger partial charge in [-0.15, -0.1) is 0 Å². The standard InChI is InChI=1S/C34H44FN5O2Si/c1-37(2)34(41)26-10-8-25(9-11-26)30-23-40(24-42-18-19-43(4,5)6)33-29(30)20-28(22-36-33)27-12-13-32(31(35)21-27)39-15-7-14-38(3)16-17-39/h8-13,20-23H,7,14-19,24H2,1-6H3. The molecular weight excluding hydrogens is 557 g/mol. The zero-order valence-electron chi connectivity index (χ0n) is 26.4. The number of carbonyl (C=O) groups excluding carboxylic acids is 1. The third kappa shape index (κ3) is 7.34. The highest BCUT2D eigenvalue weighted by molar-refractivity contribution is 6.76. The van der Waals surface area contributed by atoms with E-state index in [-0.39, 0.29) is 11.7 Å². The third-order valence-electron chi connectivity index (χ3n) is 8.13. The maximum Gasteiger partial charge on any atom is 0.253 e. The second kappa shape index (κ2) is 13.0. The number of hydrogen-bond donors (Lipinski definition) is 0. The fourth-order valence-corrected chi connectivity index (χ4v) is 6.24. The summed E-state index contributed by atoms with van der Waals surface area (Å²) in [6.07, 6.45) is 4.90. The van der Waals surface area contributed by atoms with E-state index in [4.69, 9.17) is 9.72 Å². The van der Waals surface area contributed by atoms with Crippen molar-refractivity contribution in [3.05, 3.63) is 72.3 Å². The molecule has 0 bridgehead atoms. The smallest absolute Gasteiger partial charge is 0.253 e. The summed E-state index contributed by atoms with van der Waals surface area (Å²) in [5.74, 6) is -0.247. The Morgan fingerprint density at radius 1 is 0.977 bits per heavy atom. The molecule has 2 aromatic carbocycles. The molecule has 0 aliphatic carbocycles. The molecule has 0 radical (unpaired) electrons. The number of halogens is 1. The van der Waals surface area contributed by atoms with Crippen molar-refractivity contribution in [3.8, 4) is 22.3 Å². The molecule has 43 heavy (non-hydrogen) atoms. The van der Waals surface area contributed by atoms with E-state index < -0.39 is 8.07 Å². The lowest BCUT2D eigenvalue weighted by atomic mass is 10.0. The van der Waals surface area contributed by atoms with Gasteiger partial charge < -0.3 is 24.0 Å². The largest absolute Gasteiger partial charge is 0.368 e. The van der Waals surface area contributed by atoms with E-state index in [1.807, 2.05) is 47.2 Å². The highest BCUT2D eigenvalue weighted by Gasteiger charge is 2.19. The van der Waals surface area contributed by atoms with Gasteiger partial charge in [0, 0.05) is 82.9 Å². The van der Waals surface area contributed by atoms with Crippen molar-refractivity contribution in [3.63, 3.8) is 0 Å². The summed E-state index contributed by atoms with van der Waals surface area (Å²) in [5, 5.41) is 0.957. The number of rotatable bonds is 9. The molecule has 7 nitrogen and oxygen atoms in total. The third-order valence-corrected chi connectivity index (χ3v) is 9.83. The molecule has 4 aromatic rings. The van der Waals surface area contributed by atoms with Gasteiger partial charge in [0.05, 0.1) is 5.69 Å². The van der Waals surface area contributed by atoms with Crippen molar-refractivity contribution in [1.82, 2.24) is 19.4 Å². The van der Waals surface area contributed by atoms with Gasteiger partial charge >= 0.3 is 0 Å². The lowest BCUT2D eigenvalue weighted by molar-refractivity contribution is 0.0827. The number of likely N-dealkylation sites (N-methyl/N-ethyl adjacent to an activating group) is 1. The average molecular weight is 602 g/mol. The minimum atomic E-state index is -1.21. The molecule has 1 amide bonds. The number of fused-ring (bicyclic) bond motifs is 1. The van der Waals surface area contributed by atoms with Gasteiger partial charge in [-0.2, -0.15) is 0 Å². The number of carbonyl (C=O) groups is 1. The molecule has 5 rings (SSSR count). The lowest BCUT2D eigenvalue weighted by Crippen LogP contribution is -2.29. The van der Waals surface area contributed by atoms with Crippen LogP contribution >= 0.6 is 0 Å². The summed E-state index contributed by atoms with van der Waals surface area (Å²) < 4.78 is 23.6. The molecule has 1 fully saturated rings. The van der Waals surface area contributed by atoms with Gasteiger partial charge in [-0.05, 0) is 67.5 Å². The highest BCUT2D eigenvalue weighted by atomic mass is 28.3. The molecule has 0 N–H and O–H groups in total. The molecule has 0 saturated carbocycles. The van der Waals surface area contributed by atoms with Crippen LogP contribution in [-0.4, -0.2) is 87.3 Å². The quantitative estimate of drug-likeness (QED) is 0.159. The van der Waals surface area contributed by atoms with E-state index in [1.54, 1.807) is 25.1 Å². The van der Waals surface area contributed by atoms with E-state index in [2.05, 4.69) is 48.8 Å². The Morgan fingerprint density at radius 2 is 1.72 bits per heavy atom. The Kier molecular flexibility index (Phi) is 9.34. The second-order valence-electron chi connectivity index (χ2n) is 13.0. The number of benzene rings is 2. The van der Waals surface area contributed by atoms with Crippen LogP contribution < -0.4 is 4.90 Å². The normalized spacial score (nSPS) is 14.7. The summed E-state index contributed by atoms with van der Waals surface area (Å²) in [6.45, 7) is 11.8. The zero-order valence-corrected chi connectivity index (χ0v) is 27.4. The summed E-state index contributed by atoms with van der Waals surface area (Å²) >= 11 is 0. The van der Waals surface area contributed by atoms with Crippen molar-refractivity contribution >= 4 is 30.7 Å². The van der Waals surface area contributed by atoms with Gasteiger partial charge in [-0.3, -0.25) is 4.79 Å². The van der Waals surface area contributed by atoms with Crippen molar-refractivity contribution in [2.75, 3.05) is 58.8 Å². The van der Waals surface area contributed by atoms with Crippen LogP contribution in [0.15, 0.2) is 60.9 Å². The number of aromatic nitrogens is 2. The first-order chi connectivity index (χ1) is 20.5. The minimum absolute atomic E-state index is 0.0357. The molecule has 9 heteroatoms. The van der Waals surface area contributed by atoms with Crippen LogP contribution in [0.5, 0.6) is 0 Å². The molecule has 2 aromatic heterocycles. The number of amides is 1. The number of nitrogens with zero attached hydrogens (tertiary/aromatic N) is 5. The highest BCUT2D eigenvalue weighted by Crippen LogP contribution is 2.34. The fourth-order valence-electron chi connectivity index (χ4n) is 5.48. The number of hydrogen-bond acceptors (Lipinski definition) is 5. The SMILES string of the molecule is CN1CCCN(c2ccc(-c3cnc4c(c3)c(-c3ccc(C(=O)N(C)C)cc3)cn4COCC[Si](C)(C)C)cc2F)CC1. The zero-order chi connectivity index (χ0) is 30.7. The van der Waals surface area contributed by atoms with Crippen LogP contribution in [0.2, 0.25) is 25.7 Å². The molecule has 0 atom stereocenters. The second-order valence-corrected chi connectivity index (χ2v) is 18.7. The Morgan fingerprint density at radius 3 is 2.42 bits per heavy atom. The molecule has 3 heterocycles. The van der Waals surface area contributed by atoms with E-state index in [1.165, 1.54) is 0 Å². The summed E-state index contributed by atoms with van der Waals surface area (Å²) in [4.78, 5) is 23.3. The summed E-state index contributed by atoms with van der Waals surface area (Å²) in [6, 6.07) is 16.4. The van der Waals surface area contributed by atoms with Gasteiger partial charge in [0.15, 0.2) is 0 Å². The first-order valence-corrected chi connectivity index (χ1v) is 18.8.